The van der Waals surface area contributed by atoms with Crippen LogP contribution in [0.5, 0.6) is 0 Å². The van der Waals surface area contributed by atoms with Crippen LogP contribution in [-0.2, 0) is 13.0 Å². The minimum atomic E-state index is 0.576. The van der Waals surface area contributed by atoms with Crippen LogP contribution in [0.3, 0.4) is 0 Å². The first-order chi connectivity index (χ1) is 11.7. The molecule has 0 unspecified atom stereocenters. The third kappa shape index (κ3) is 3.41. The Hall–Kier alpha value is -1.62. The van der Waals surface area contributed by atoms with Crippen molar-refractivity contribution in [2.45, 2.75) is 51.6 Å². The summed E-state index contributed by atoms with van der Waals surface area (Å²) < 4.78 is 1.16. The number of fused-ring (bicyclic) bond motifs is 1. The summed E-state index contributed by atoms with van der Waals surface area (Å²) in [6.45, 7) is 3.91. The number of anilines is 2. The summed E-state index contributed by atoms with van der Waals surface area (Å²) >= 11 is 3.57. The maximum absolute atomic E-state index is 4.69. The van der Waals surface area contributed by atoms with Crippen LogP contribution in [-0.4, -0.2) is 22.6 Å². The van der Waals surface area contributed by atoms with Crippen LogP contribution in [0.25, 0.3) is 0 Å². The molecule has 1 fully saturated rings. The van der Waals surface area contributed by atoms with Crippen LogP contribution >= 0.6 is 15.9 Å². The summed E-state index contributed by atoms with van der Waals surface area (Å²) in [6, 6.07) is 9.28. The zero-order valence-corrected chi connectivity index (χ0v) is 15.6. The van der Waals surface area contributed by atoms with Gasteiger partial charge in [0.05, 0.1) is 0 Å². The average Bonchev–Trinajstić information content (AvgIpc) is 3.06. The lowest BCUT2D eigenvalue weighted by molar-refractivity contribution is 0.713. The molecular formula is C19H23BrN4. The molecule has 0 atom stereocenters. The van der Waals surface area contributed by atoms with Crippen molar-refractivity contribution in [3.63, 3.8) is 0 Å². The second-order valence-electron chi connectivity index (χ2n) is 6.87. The number of rotatable bonds is 3. The van der Waals surface area contributed by atoms with Gasteiger partial charge in [-0.3, -0.25) is 0 Å². The fraction of sp³-hybridized carbons (Fsp3) is 0.474. The van der Waals surface area contributed by atoms with Gasteiger partial charge in [-0.15, -0.1) is 0 Å². The molecular weight excluding hydrogens is 364 g/mol. The van der Waals surface area contributed by atoms with Gasteiger partial charge in [0, 0.05) is 29.7 Å². The van der Waals surface area contributed by atoms with Gasteiger partial charge in [-0.05, 0) is 49.4 Å². The van der Waals surface area contributed by atoms with Crippen molar-refractivity contribution in [1.29, 1.82) is 0 Å². The molecule has 4 nitrogen and oxygen atoms in total. The Kier molecular flexibility index (Phi) is 4.44. The topological polar surface area (TPSA) is 41.1 Å². The van der Waals surface area contributed by atoms with Crippen molar-refractivity contribution in [1.82, 2.24) is 9.97 Å². The number of nitrogens with one attached hydrogen (secondary N) is 1. The largest absolute Gasteiger partial charge is 0.367 e. The monoisotopic (exact) mass is 386 g/mol. The predicted octanol–water partition coefficient (Wildman–Crippen LogP) is 4.46. The molecule has 2 aliphatic rings. The molecule has 24 heavy (non-hydrogen) atoms. The average molecular weight is 387 g/mol. The van der Waals surface area contributed by atoms with Gasteiger partial charge in [0.2, 0.25) is 0 Å². The number of hydrogen-bond acceptors (Lipinski definition) is 4. The number of benzene rings is 1. The lowest BCUT2D eigenvalue weighted by Gasteiger charge is -2.30. The molecule has 1 aromatic carbocycles. The Labute approximate surface area is 151 Å². The second kappa shape index (κ2) is 6.71. The van der Waals surface area contributed by atoms with E-state index in [-0.39, 0.29) is 0 Å². The van der Waals surface area contributed by atoms with Crippen LogP contribution in [0.1, 0.15) is 42.6 Å². The van der Waals surface area contributed by atoms with Gasteiger partial charge >= 0.3 is 0 Å². The van der Waals surface area contributed by atoms with E-state index in [1.807, 2.05) is 6.92 Å². The van der Waals surface area contributed by atoms with Crippen LogP contribution in [0.15, 0.2) is 28.7 Å². The highest BCUT2D eigenvalue weighted by Gasteiger charge is 2.20. The van der Waals surface area contributed by atoms with Crippen molar-refractivity contribution >= 4 is 27.6 Å². The Morgan fingerprint density at radius 3 is 2.79 bits per heavy atom. The third-order valence-corrected chi connectivity index (χ3v) is 5.53. The van der Waals surface area contributed by atoms with Gasteiger partial charge in [0.15, 0.2) is 0 Å². The summed E-state index contributed by atoms with van der Waals surface area (Å²) in [5, 5.41) is 3.60. The molecule has 0 bridgehead atoms. The van der Waals surface area contributed by atoms with E-state index in [1.165, 1.54) is 36.8 Å². The lowest BCUT2D eigenvalue weighted by atomic mass is 10.00. The minimum absolute atomic E-state index is 0.576. The van der Waals surface area contributed by atoms with Crippen molar-refractivity contribution in [2.24, 2.45) is 0 Å². The molecule has 0 radical (unpaired) electrons. The molecule has 0 saturated heterocycles. The molecule has 126 valence electrons. The van der Waals surface area contributed by atoms with Crippen LogP contribution in [0, 0.1) is 6.92 Å². The highest BCUT2D eigenvalue weighted by Crippen LogP contribution is 2.28. The summed E-state index contributed by atoms with van der Waals surface area (Å²) in [4.78, 5) is 11.6. The van der Waals surface area contributed by atoms with E-state index in [4.69, 9.17) is 0 Å². The number of halogens is 1. The fourth-order valence-electron chi connectivity index (χ4n) is 3.78. The van der Waals surface area contributed by atoms with Crippen molar-refractivity contribution in [2.75, 3.05) is 16.8 Å². The summed E-state index contributed by atoms with van der Waals surface area (Å²) in [5.41, 5.74) is 2.83. The van der Waals surface area contributed by atoms with Crippen LogP contribution in [0.2, 0.25) is 0 Å². The van der Waals surface area contributed by atoms with E-state index in [0.717, 1.165) is 41.4 Å². The molecule has 0 amide bonds. The normalized spacial score (nSPS) is 17.8. The highest BCUT2D eigenvalue weighted by atomic mass is 79.9. The van der Waals surface area contributed by atoms with Gasteiger partial charge in [-0.1, -0.05) is 34.8 Å². The number of hydrogen-bond donors (Lipinski definition) is 1. The Bertz CT molecular complexity index is 740. The SMILES string of the molecule is Cc1nc(NC2CCCC2)cc(N2CCc3cc(Br)ccc3C2)n1. The molecule has 4 rings (SSSR count). The smallest absolute Gasteiger partial charge is 0.134 e. The predicted molar refractivity (Wildman–Crippen MR) is 102 cm³/mol. The molecule has 2 aromatic rings. The number of nitrogens with zero attached hydrogens (tertiary/aromatic N) is 3. The first-order valence-electron chi connectivity index (χ1n) is 8.82. The number of aryl methyl sites for hydroxylation is 1. The molecule has 1 aromatic heterocycles. The zero-order chi connectivity index (χ0) is 16.5. The highest BCUT2D eigenvalue weighted by molar-refractivity contribution is 9.10. The van der Waals surface area contributed by atoms with Gasteiger partial charge in [0.25, 0.3) is 0 Å². The second-order valence-corrected chi connectivity index (χ2v) is 7.78. The van der Waals surface area contributed by atoms with E-state index in [2.05, 4.69) is 60.4 Å². The molecule has 2 heterocycles. The molecule has 0 spiro atoms. The Morgan fingerprint density at radius 1 is 1.12 bits per heavy atom. The third-order valence-electron chi connectivity index (χ3n) is 5.04. The molecule has 1 saturated carbocycles. The standard InChI is InChI=1S/C19H23BrN4/c1-13-21-18(23-17-4-2-3-5-17)11-19(22-13)24-9-8-14-10-16(20)7-6-15(14)12-24/h6-7,10-11,17H,2-5,8-9,12H2,1H3,(H,21,22,23). The lowest BCUT2D eigenvalue weighted by Crippen LogP contribution is -2.31. The maximum atomic E-state index is 4.69. The minimum Gasteiger partial charge on any atom is -0.367 e. The van der Waals surface area contributed by atoms with E-state index >= 15 is 0 Å². The fourth-order valence-corrected chi connectivity index (χ4v) is 4.19. The van der Waals surface area contributed by atoms with Gasteiger partial charge in [0.1, 0.15) is 17.5 Å². The summed E-state index contributed by atoms with van der Waals surface area (Å²) in [5.74, 6) is 2.86. The quantitative estimate of drug-likeness (QED) is 0.844. The maximum Gasteiger partial charge on any atom is 0.134 e. The van der Waals surface area contributed by atoms with E-state index in [9.17, 15) is 0 Å². The summed E-state index contributed by atoms with van der Waals surface area (Å²) in [6.07, 6.45) is 6.22. The summed E-state index contributed by atoms with van der Waals surface area (Å²) in [7, 11) is 0. The van der Waals surface area contributed by atoms with Crippen LogP contribution in [0.4, 0.5) is 11.6 Å². The molecule has 5 heteroatoms. The van der Waals surface area contributed by atoms with Crippen molar-refractivity contribution < 1.29 is 0 Å². The first kappa shape index (κ1) is 15.9. The van der Waals surface area contributed by atoms with Gasteiger partial charge < -0.3 is 10.2 Å². The van der Waals surface area contributed by atoms with Crippen LogP contribution < -0.4 is 10.2 Å². The molecule has 1 N–H and O–H groups in total. The van der Waals surface area contributed by atoms with E-state index in [0.29, 0.717) is 6.04 Å². The molecule has 1 aliphatic heterocycles. The Balaban J connectivity index is 1.55. The number of aromatic nitrogens is 2. The van der Waals surface area contributed by atoms with Crippen molar-refractivity contribution in [3.05, 3.63) is 45.7 Å². The van der Waals surface area contributed by atoms with E-state index in [1.54, 1.807) is 0 Å². The van der Waals surface area contributed by atoms with Gasteiger partial charge in [-0.25, -0.2) is 9.97 Å². The van der Waals surface area contributed by atoms with Gasteiger partial charge in [-0.2, -0.15) is 0 Å². The first-order valence-corrected chi connectivity index (χ1v) is 9.61. The Morgan fingerprint density at radius 2 is 1.96 bits per heavy atom. The molecule has 1 aliphatic carbocycles. The van der Waals surface area contributed by atoms with Crippen molar-refractivity contribution in [3.8, 4) is 0 Å². The zero-order valence-electron chi connectivity index (χ0n) is 14.1. The van der Waals surface area contributed by atoms with E-state index < -0.39 is 0 Å².